The number of carbonyl (C=O) groups is 2. The molecule has 0 spiro atoms. The molecule has 0 saturated heterocycles. The van der Waals surface area contributed by atoms with Gasteiger partial charge in [-0.3, -0.25) is 19.2 Å². The number of aromatic nitrogens is 4. The highest BCUT2D eigenvalue weighted by atomic mass is 35.5. The molecule has 8 aromatic rings. The maximum atomic E-state index is 13.9. The number of thioether (sulfide) groups is 2. The molecule has 0 bridgehead atoms. The van der Waals surface area contributed by atoms with Gasteiger partial charge in [0.15, 0.2) is 10.3 Å². The Bertz CT molecular complexity index is 3530. The average Bonchev–Trinajstić information content (AvgIpc) is 3.52. The fourth-order valence-electron chi connectivity index (χ4n) is 8.73. The van der Waals surface area contributed by atoms with Crippen molar-refractivity contribution in [2.75, 3.05) is 33.2 Å². The standard InChI is InChI=1S/C34H38ClFN4O2S.C30H27F4N3O2S/c1-4-27-22-40(34(37-33(27)42)43-24-26-9-17-31(36)18-10-26)23-32(41)39(20-19-38(5-2)6-3)21-25-7-11-28(12-8-25)29-13-15-30(35)16-14-29;1-3-22-17-37(29(35-28(22)39)40-19-21-6-14-26(31)15-7-21)18-27(38)36(2)16-20-4-8-23(9-5-20)24-10-12-25(13-11-24)30(32,33)34/h7-18,22H,4-6,19-21,23-24H2,1-3H3;4-15,17H,3,16,18-19H2,1-2H3. The lowest BCUT2D eigenvalue weighted by Gasteiger charge is -2.27. The molecule has 19 heteroatoms. The Labute approximate surface area is 494 Å². The predicted octanol–water partition coefficient (Wildman–Crippen LogP) is 13.5. The van der Waals surface area contributed by atoms with E-state index in [0.717, 1.165) is 70.7 Å². The largest absolute Gasteiger partial charge is 0.416 e. The van der Waals surface area contributed by atoms with Crippen LogP contribution in [0, 0.1) is 11.6 Å². The predicted molar refractivity (Wildman–Crippen MR) is 321 cm³/mol. The molecule has 0 unspecified atom stereocenters. The summed E-state index contributed by atoms with van der Waals surface area (Å²) < 4.78 is 68.6. The summed E-state index contributed by atoms with van der Waals surface area (Å²) >= 11 is 8.71. The van der Waals surface area contributed by atoms with Crippen LogP contribution in [0.25, 0.3) is 22.3 Å². The molecule has 0 atom stereocenters. The minimum absolute atomic E-state index is 0.0217. The average molecular weight is 1190 g/mol. The highest BCUT2D eigenvalue weighted by Gasteiger charge is 2.30. The molecular weight excluding hydrogens is 1130 g/mol. The smallest absolute Gasteiger partial charge is 0.340 e. The number of rotatable bonds is 23. The third-order valence-corrected chi connectivity index (χ3v) is 16.2. The van der Waals surface area contributed by atoms with Crippen molar-refractivity contribution in [3.63, 3.8) is 0 Å². The van der Waals surface area contributed by atoms with E-state index >= 15 is 0 Å². The molecule has 0 fully saturated rings. The number of amides is 2. The Balaban J connectivity index is 0.000000239. The van der Waals surface area contributed by atoms with Gasteiger partial charge in [-0.15, -0.1) is 0 Å². The lowest BCUT2D eigenvalue weighted by atomic mass is 10.0. The molecule has 0 saturated carbocycles. The molecule has 83 heavy (non-hydrogen) atoms. The van der Waals surface area contributed by atoms with Crippen LogP contribution in [0.15, 0.2) is 178 Å². The van der Waals surface area contributed by atoms with E-state index in [4.69, 9.17) is 11.6 Å². The van der Waals surface area contributed by atoms with E-state index in [1.54, 1.807) is 69.9 Å². The van der Waals surface area contributed by atoms with Gasteiger partial charge in [0.05, 0.1) is 5.56 Å². The molecule has 11 nitrogen and oxygen atoms in total. The van der Waals surface area contributed by atoms with Gasteiger partial charge in [-0.1, -0.05) is 160 Å². The van der Waals surface area contributed by atoms with Crippen molar-refractivity contribution in [2.24, 2.45) is 0 Å². The maximum Gasteiger partial charge on any atom is 0.416 e. The Morgan fingerprint density at radius 2 is 0.916 bits per heavy atom. The molecule has 8 rings (SSSR count). The van der Waals surface area contributed by atoms with E-state index in [2.05, 4.69) is 53.0 Å². The minimum atomic E-state index is -4.38. The Hall–Kier alpha value is -7.38. The van der Waals surface area contributed by atoms with Crippen molar-refractivity contribution in [3.8, 4) is 22.3 Å². The molecule has 0 radical (unpaired) electrons. The number of alkyl halides is 3. The van der Waals surface area contributed by atoms with Crippen LogP contribution in [0.1, 0.15) is 66.6 Å². The number of hydrogen-bond acceptors (Lipinski definition) is 9. The van der Waals surface area contributed by atoms with Crippen molar-refractivity contribution < 1.29 is 31.5 Å². The number of nitrogens with zero attached hydrogens (tertiary/aromatic N) is 7. The van der Waals surface area contributed by atoms with E-state index in [1.807, 2.05) is 55.1 Å². The first kappa shape index (κ1) is 63.2. The third-order valence-electron chi connectivity index (χ3n) is 13.8. The van der Waals surface area contributed by atoms with Crippen LogP contribution in [0.3, 0.4) is 0 Å². The SMILES string of the molecule is CCc1cn(CC(=O)N(C)Cc2ccc(-c3ccc(C(F)(F)F)cc3)cc2)c(SCc2ccc(F)cc2)nc1=O.CCc1cn(CC(=O)N(CCN(CC)CC)Cc2ccc(-c3ccc(Cl)cc3)cc2)c(SCc2ccc(F)cc2)nc1=O. The van der Waals surface area contributed by atoms with Gasteiger partial charge in [0, 0.05) is 73.3 Å². The van der Waals surface area contributed by atoms with E-state index < -0.39 is 11.7 Å². The summed E-state index contributed by atoms with van der Waals surface area (Å²) in [5.41, 5.74) is 6.96. The van der Waals surface area contributed by atoms with Gasteiger partial charge in [-0.25, -0.2) is 8.78 Å². The molecule has 0 aliphatic carbocycles. The molecular formula is C64H65ClF5N7O4S2. The zero-order chi connectivity index (χ0) is 59.6. The van der Waals surface area contributed by atoms with Gasteiger partial charge < -0.3 is 23.8 Å². The van der Waals surface area contributed by atoms with Crippen LogP contribution >= 0.6 is 35.1 Å². The first-order valence-corrected chi connectivity index (χ1v) is 29.5. The molecule has 0 N–H and O–H groups in total. The first-order chi connectivity index (χ1) is 39.8. The van der Waals surface area contributed by atoms with Crippen molar-refractivity contribution in [2.45, 2.75) is 94.7 Å². The highest BCUT2D eigenvalue weighted by Crippen LogP contribution is 2.32. The van der Waals surface area contributed by atoms with E-state index in [-0.39, 0.29) is 47.7 Å². The van der Waals surface area contributed by atoms with Crippen LogP contribution in [0.4, 0.5) is 22.0 Å². The quantitative estimate of drug-likeness (QED) is 0.0351. The van der Waals surface area contributed by atoms with Crippen molar-refractivity contribution >= 4 is 46.9 Å². The monoisotopic (exact) mass is 1190 g/mol. The summed E-state index contributed by atoms with van der Waals surface area (Å²) in [6.45, 7) is 12.0. The minimum Gasteiger partial charge on any atom is -0.340 e. The van der Waals surface area contributed by atoms with Gasteiger partial charge in [0.1, 0.15) is 24.7 Å². The topological polar surface area (TPSA) is 114 Å². The maximum absolute atomic E-state index is 13.9. The molecule has 0 aliphatic rings. The van der Waals surface area contributed by atoms with Crippen LogP contribution < -0.4 is 11.1 Å². The first-order valence-electron chi connectivity index (χ1n) is 27.1. The number of halogens is 6. The zero-order valence-electron chi connectivity index (χ0n) is 46.8. The molecule has 2 heterocycles. The summed E-state index contributed by atoms with van der Waals surface area (Å²) in [6.07, 6.45) is 0.0281. The Kier molecular flexibility index (Phi) is 23.0. The van der Waals surface area contributed by atoms with E-state index in [1.165, 1.54) is 59.9 Å². The normalized spacial score (nSPS) is 11.3. The number of likely N-dealkylation sites (N-methyl/N-ethyl adjacent to an activating group) is 2. The second-order valence-electron chi connectivity index (χ2n) is 19.6. The summed E-state index contributed by atoms with van der Waals surface area (Å²) in [4.78, 5) is 66.3. The van der Waals surface area contributed by atoms with Crippen LogP contribution in [-0.4, -0.2) is 78.8 Å². The third kappa shape index (κ3) is 18.6. The van der Waals surface area contributed by atoms with Crippen molar-refractivity contribution in [1.29, 1.82) is 0 Å². The lowest BCUT2D eigenvalue weighted by molar-refractivity contribution is -0.137. The molecule has 2 aromatic heterocycles. The van der Waals surface area contributed by atoms with E-state index in [0.29, 0.717) is 76.0 Å². The number of benzene rings is 6. The van der Waals surface area contributed by atoms with Crippen LogP contribution in [-0.2, 0) is 66.3 Å². The van der Waals surface area contributed by atoms with Crippen molar-refractivity contribution in [3.05, 3.63) is 234 Å². The van der Waals surface area contributed by atoms with Crippen molar-refractivity contribution in [1.82, 2.24) is 33.8 Å². The molecule has 434 valence electrons. The molecule has 2 amide bonds. The summed E-state index contributed by atoms with van der Waals surface area (Å²) in [7, 11) is 1.67. The summed E-state index contributed by atoms with van der Waals surface area (Å²) in [5, 5.41) is 1.56. The highest BCUT2D eigenvalue weighted by molar-refractivity contribution is 7.98. The Morgan fingerprint density at radius 3 is 1.33 bits per heavy atom. The van der Waals surface area contributed by atoms with Gasteiger partial charge >= 0.3 is 6.18 Å². The summed E-state index contributed by atoms with van der Waals surface area (Å²) in [6, 6.07) is 40.5. The zero-order valence-corrected chi connectivity index (χ0v) is 49.2. The van der Waals surface area contributed by atoms with Gasteiger partial charge in [0.25, 0.3) is 11.1 Å². The van der Waals surface area contributed by atoms with E-state index in [9.17, 15) is 41.1 Å². The van der Waals surface area contributed by atoms with Crippen LogP contribution in [0.2, 0.25) is 5.02 Å². The second kappa shape index (κ2) is 30.3. The number of hydrogen-bond donors (Lipinski definition) is 0. The van der Waals surface area contributed by atoms with Gasteiger partial charge in [0.2, 0.25) is 11.8 Å². The lowest BCUT2D eigenvalue weighted by Crippen LogP contribution is -2.40. The van der Waals surface area contributed by atoms with Crippen LogP contribution in [0.5, 0.6) is 0 Å². The molecule has 0 aliphatic heterocycles. The van der Waals surface area contributed by atoms with Gasteiger partial charge in [-0.05, 0) is 119 Å². The molecule has 6 aromatic carbocycles. The fourth-order valence-corrected chi connectivity index (χ4v) is 10.7. The number of carbonyl (C=O) groups excluding carboxylic acids is 2. The second-order valence-corrected chi connectivity index (χ2v) is 21.9. The van der Waals surface area contributed by atoms with Gasteiger partial charge in [-0.2, -0.15) is 23.1 Å². The fraction of sp³-hybridized carbons (Fsp3) is 0.281. The number of aryl methyl sites for hydroxylation is 2. The summed E-state index contributed by atoms with van der Waals surface area (Å²) in [5.74, 6) is 0.0731. The Morgan fingerprint density at radius 1 is 0.530 bits per heavy atom.